The summed E-state index contributed by atoms with van der Waals surface area (Å²) in [6, 6.07) is 0. The molecule has 0 radical (unpaired) electrons. The van der Waals surface area contributed by atoms with Gasteiger partial charge in [0.15, 0.2) is 0 Å². The lowest BCUT2D eigenvalue weighted by Crippen LogP contribution is -2.23. The van der Waals surface area contributed by atoms with Gasteiger partial charge in [0.25, 0.3) is 0 Å². The van der Waals surface area contributed by atoms with Crippen molar-refractivity contribution in [1.29, 1.82) is 0 Å². The van der Waals surface area contributed by atoms with Crippen LogP contribution in [0.25, 0.3) is 0 Å². The smallest absolute Gasteiger partial charge is 0.0277 e. The normalized spacial score (nSPS) is 15.9. The SMILES string of the molecule is CN=CC(C)=C(C)NC[C@@H](C)C(C)C. The van der Waals surface area contributed by atoms with Crippen LogP contribution in [0.15, 0.2) is 16.3 Å². The Balaban J connectivity index is 4.07. The highest BCUT2D eigenvalue weighted by Crippen LogP contribution is 2.08. The van der Waals surface area contributed by atoms with E-state index in [0.717, 1.165) is 12.5 Å². The van der Waals surface area contributed by atoms with Crippen LogP contribution in [-0.4, -0.2) is 19.8 Å². The average molecular weight is 196 g/mol. The molecule has 82 valence electrons. The minimum absolute atomic E-state index is 0.705. The molecule has 0 fully saturated rings. The van der Waals surface area contributed by atoms with Gasteiger partial charge in [0, 0.05) is 25.5 Å². The highest BCUT2D eigenvalue weighted by Gasteiger charge is 2.06. The van der Waals surface area contributed by atoms with E-state index in [9.17, 15) is 0 Å². The highest BCUT2D eigenvalue weighted by molar-refractivity contribution is 5.78. The standard InChI is InChI=1S/C12H24N2/c1-9(2)10(3)8-14-12(5)11(4)7-13-6/h7,9-10,14H,8H2,1-6H3/t10-/m1/s1. The van der Waals surface area contributed by atoms with Gasteiger partial charge in [0.2, 0.25) is 0 Å². The molecular weight excluding hydrogens is 172 g/mol. The van der Waals surface area contributed by atoms with E-state index in [4.69, 9.17) is 0 Å². The van der Waals surface area contributed by atoms with Gasteiger partial charge < -0.3 is 5.32 Å². The van der Waals surface area contributed by atoms with E-state index in [-0.39, 0.29) is 0 Å². The lowest BCUT2D eigenvalue weighted by molar-refractivity contribution is 0.406. The summed E-state index contributed by atoms with van der Waals surface area (Å²) in [4.78, 5) is 4.00. The summed E-state index contributed by atoms with van der Waals surface area (Å²) in [5.74, 6) is 1.44. The first kappa shape index (κ1) is 13.2. The number of rotatable bonds is 5. The second-order valence-corrected chi connectivity index (χ2v) is 4.30. The summed E-state index contributed by atoms with van der Waals surface area (Å²) in [5.41, 5.74) is 2.44. The molecule has 0 aromatic rings. The summed E-state index contributed by atoms with van der Waals surface area (Å²) < 4.78 is 0. The van der Waals surface area contributed by atoms with E-state index < -0.39 is 0 Å². The molecule has 0 aliphatic rings. The Morgan fingerprint density at radius 2 is 1.86 bits per heavy atom. The van der Waals surface area contributed by atoms with E-state index in [0.29, 0.717) is 5.92 Å². The van der Waals surface area contributed by atoms with Crippen LogP contribution in [0.5, 0.6) is 0 Å². The Hall–Kier alpha value is -0.790. The maximum atomic E-state index is 4.00. The van der Waals surface area contributed by atoms with Crippen molar-refractivity contribution in [2.75, 3.05) is 13.6 Å². The summed E-state index contributed by atoms with van der Waals surface area (Å²) in [6.45, 7) is 12.0. The van der Waals surface area contributed by atoms with Crippen molar-refractivity contribution in [3.8, 4) is 0 Å². The molecule has 0 saturated heterocycles. The zero-order chi connectivity index (χ0) is 11.1. The van der Waals surface area contributed by atoms with E-state index in [1.165, 1.54) is 11.3 Å². The van der Waals surface area contributed by atoms with Crippen LogP contribution in [-0.2, 0) is 0 Å². The fourth-order valence-corrected chi connectivity index (χ4v) is 0.980. The third-order valence-corrected chi connectivity index (χ3v) is 2.74. The Labute approximate surface area is 88.5 Å². The topological polar surface area (TPSA) is 24.4 Å². The zero-order valence-electron chi connectivity index (χ0n) is 10.4. The van der Waals surface area contributed by atoms with Crippen molar-refractivity contribution in [2.45, 2.75) is 34.6 Å². The number of hydrogen-bond acceptors (Lipinski definition) is 2. The molecule has 0 rings (SSSR count). The third-order valence-electron chi connectivity index (χ3n) is 2.74. The molecule has 0 heterocycles. The van der Waals surface area contributed by atoms with E-state index in [2.05, 4.69) is 44.9 Å². The molecule has 1 atom stereocenters. The Kier molecular flexibility index (Phi) is 6.26. The summed E-state index contributed by atoms with van der Waals surface area (Å²) in [7, 11) is 1.80. The van der Waals surface area contributed by atoms with Crippen molar-refractivity contribution < 1.29 is 0 Å². The fourth-order valence-electron chi connectivity index (χ4n) is 0.980. The molecular formula is C12H24N2. The van der Waals surface area contributed by atoms with Crippen molar-refractivity contribution in [1.82, 2.24) is 5.32 Å². The highest BCUT2D eigenvalue weighted by atomic mass is 14.9. The molecule has 0 aromatic heterocycles. The van der Waals surface area contributed by atoms with Gasteiger partial charge in [-0.3, -0.25) is 4.99 Å². The first-order valence-corrected chi connectivity index (χ1v) is 5.32. The fraction of sp³-hybridized carbons (Fsp3) is 0.750. The van der Waals surface area contributed by atoms with E-state index >= 15 is 0 Å². The van der Waals surface area contributed by atoms with Crippen LogP contribution in [0.1, 0.15) is 34.6 Å². The number of nitrogens with one attached hydrogen (secondary N) is 1. The van der Waals surface area contributed by atoms with Crippen LogP contribution in [0.2, 0.25) is 0 Å². The first-order valence-electron chi connectivity index (χ1n) is 5.32. The van der Waals surface area contributed by atoms with Crippen molar-refractivity contribution in [3.63, 3.8) is 0 Å². The van der Waals surface area contributed by atoms with Gasteiger partial charge in [-0.1, -0.05) is 20.8 Å². The van der Waals surface area contributed by atoms with Crippen molar-refractivity contribution >= 4 is 6.21 Å². The number of hydrogen-bond donors (Lipinski definition) is 1. The lowest BCUT2D eigenvalue weighted by Gasteiger charge is -2.17. The molecule has 0 aliphatic heterocycles. The van der Waals surface area contributed by atoms with Crippen LogP contribution in [0, 0.1) is 11.8 Å². The maximum absolute atomic E-state index is 4.00. The van der Waals surface area contributed by atoms with E-state index in [1.807, 2.05) is 6.21 Å². The molecule has 14 heavy (non-hydrogen) atoms. The van der Waals surface area contributed by atoms with Gasteiger partial charge in [0.1, 0.15) is 0 Å². The molecule has 0 unspecified atom stereocenters. The molecule has 0 aromatic carbocycles. The van der Waals surface area contributed by atoms with Gasteiger partial charge >= 0.3 is 0 Å². The summed E-state index contributed by atoms with van der Waals surface area (Å²) in [5, 5.41) is 3.44. The lowest BCUT2D eigenvalue weighted by atomic mass is 9.98. The molecule has 2 nitrogen and oxygen atoms in total. The van der Waals surface area contributed by atoms with E-state index in [1.54, 1.807) is 7.05 Å². The minimum atomic E-state index is 0.705. The van der Waals surface area contributed by atoms with Gasteiger partial charge in [-0.15, -0.1) is 0 Å². The molecule has 0 aliphatic carbocycles. The summed E-state index contributed by atoms with van der Waals surface area (Å²) in [6.07, 6.45) is 1.89. The number of allylic oxidation sites excluding steroid dienone is 2. The van der Waals surface area contributed by atoms with Gasteiger partial charge in [-0.05, 0) is 31.3 Å². The van der Waals surface area contributed by atoms with Crippen LogP contribution in [0.4, 0.5) is 0 Å². The van der Waals surface area contributed by atoms with Gasteiger partial charge in [0.05, 0.1) is 0 Å². The second kappa shape index (κ2) is 6.63. The average Bonchev–Trinajstić information content (AvgIpc) is 2.13. The third kappa shape index (κ3) is 5.05. The molecule has 1 N–H and O–H groups in total. The van der Waals surface area contributed by atoms with Crippen LogP contribution in [0.3, 0.4) is 0 Å². The largest absolute Gasteiger partial charge is 0.388 e. The molecule has 0 saturated carbocycles. The Bertz CT molecular complexity index is 214. The predicted molar refractivity (Wildman–Crippen MR) is 64.8 cm³/mol. The molecule has 0 amide bonds. The molecule has 0 spiro atoms. The predicted octanol–water partition coefficient (Wildman–Crippen LogP) is 2.86. The number of aliphatic imine (C=N–C) groups is 1. The van der Waals surface area contributed by atoms with Crippen molar-refractivity contribution in [3.05, 3.63) is 11.3 Å². The van der Waals surface area contributed by atoms with Gasteiger partial charge in [-0.25, -0.2) is 0 Å². The van der Waals surface area contributed by atoms with Crippen LogP contribution >= 0.6 is 0 Å². The molecule has 2 heteroatoms. The maximum Gasteiger partial charge on any atom is 0.0277 e. The molecule has 0 bridgehead atoms. The van der Waals surface area contributed by atoms with Gasteiger partial charge in [-0.2, -0.15) is 0 Å². The summed E-state index contributed by atoms with van der Waals surface area (Å²) >= 11 is 0. The zero-order valence-corrected chi connectivity index (χ0v) is 10.4. The second-order valence-electron chi connectivity index (χ2n) is 4.30. The Morgan fingerprint density at radius 1 is 1.29 bits per heavy atom. The number of nitrogens with zero attached hydrogens (tertiary/aromatic N) is 1. The van der Waals surface area contributed by atoms with Crippen molar-refractivity contribution in [2.24, 2.45) is 16.8 Å². The first-order chi connectivity index (χ1) is 6.49. The quantitative estimate of drug-likeness (QED) is 0.672. The monoisotopic (exact) mass is 196 g/mol. The Morgan fingerprint density at radius 3 is 2.29 bits per heavy atom. The van der Waals surface area contributed by atoms with Crippen LogP contribution < -0.4 is 5.32 Å². The minimum Gasteiger partial charge on any atom is -0.388 e.